The van der Waals surface area contributed by atoms with Gasteiger partial charge in [-0.15, -0.1) is 11.3 Å². The summed E-state index contributed by atoms with van der Waals surface area (Å²) < 4.78 is 39.4. The Kier molecular flexibility index (Phi) is 4.85. The maximum absolute atomic E-state index is 12.9. The minimum absolute atomic E-state index is 0.0600. The number of amides is 3. The lowest BCUT2D eigenvalue weighted by Crippen LogP contribution is -2.72. The summed E-state index contributed by atoms with van der Waals surface area (Å²) in [6.07, 6.45) is -1.73. The van der Waals surface area contributed by atoms with Crippen molar-refractivity contribution < 1.29 is 22.8 Å². The second-order valence-corrected chi connectivity index (χ2v) is 10.0. The fraction of sp³-hybridized carbons (Fsp3) is 0.364. The molecular formula is C22H20F3N5O2S. The standard InChI is InChI=1S/C22H20F3N5O2S/c1-20(29-19(32)28-14-4-2-3-13(7-14)22(23,24)25)8-21(9-20)10-30(11-21)18(31)16-17-15(5-6-33-17)26-12-27-16/h2-7,12H,8-11H2,1H3,(H2,28,29,32). The monoisotopic (exact) mass is 475 g/mol. The average Bonchev–Trinajstić information content (AvgIpc) is 3.17. The zero-order valence-electron chi connectivity index (χ0n) is 17.6. The molecule has 172 valence electrons. The van der Waals surface area contributed by atoms with Gasteiger partial charge in [0.2, 0.25) is 0 Å². The van der Waals surface area contributed by atoms with Gasteiger partial charge in [-0.25, -0.2) is 14.8 Å². The smallest absolute Gasteiger partial charge is 0.336 e. The van der Waals surface area contributed by atoms with Gasteiger partial charge in [-0.05, 0) is 49.4 Å². The molecular weight excluding hydrogens is 455 g/mol. The molecule has 3 aromatic rings. The lowest BCUT2D eigenvalue weighted by Gasteiger charge is -2.63. The number of likely N-dealkylation sites (tertiary alicyclic amines) is 1. The van der Waals surface area contributed by atoms with Crippen LogP contribution >= 0.6 is 11.3 Å². The van der Waals surface area contributed by atoms with Crippen LogP contribution in [0.1, 0.15) is 35.8 Å². The van der Waals surface area contributed by atoms with Crippen LogP contribution in [0, 0.1) is 5.41 Å². The Morgan fingerprint density at radius 1 is 1.15 bits per heavy atom. The van der Waals surface area contributed by atoms with Gasteiger partial charge < -0.3 is 15.5 Å². The lowest BCUT2D eigenvalue weighted by atomic mass is 9.54. The third-order valence-electron chi connectivity index (χ3n) is 6.18. The van der Waals surface area contributed by atoms with Crippen molar-refractivity contribution in [2.24, 2.45) is 5.41 Å². The van der Waals surface area contributed by atoms with E-state index >= 15 is 0 Å². The van der Waals surface area contributed by atoms with Gasteiger partial charge in [0, 0.05) is 29.7 Å². The first-order chi connectivity index (χ1) is 15.6. The summed E-state index contributed by atoms with van der Waals surface area (Å²) in [5, 5.41) is 7.22. The molecule has 33 heavy (non-hydrogen) atoms. The molecule has 1 aliphatic heterocycles. The average molecular weight is 475 g/mol. The van der Waals surface area contributed by atoms with E-state index in [0.717, 1.165) is 22.3 Å². The number of thiophene rings is 1. The second-order valence-electron chi connectivity index (χ2n) is 9.09. The number of alkyl halides is 3. The quantitative estimate of drug-likeness (QED) is 0.583. The number of nitrogens with zero attached hydrogens (tertiary/aromatic N) is 3. The number of urea groups is 1. The molecule has 0 radical (unpaired) electrons. The van der Waals surface area contributed by atoms with E-state index in [-0.39, 0.29) is 17.0 Å². The van der Waals surface area contributed by atoms with Crippen LogP contribution in [0.15, 0.2) is 42.0 Å². The molecule has 2 N–H and O–H groups in total. The van der Waals surface area contributed by atoms with E-state index in [1.807, 2.05) is 18.4 Å². The minimum atomic E-state index is -4.48. The maximum atomic E-state index is 12.9. The van der Waals surface area contributed by atoms with Crippen LogP contribution in [-0.2, 0) is 6.18 Å². The maximum Gasteiger partial charge on any atom is 0.416 e. The topological polar surface area (TPSA) is 87.2 Å². The zero-order chi connectivity index (χ0) is 23.4. The number of nitrogens with one attached hydrogen (secondary N) is 2. The van der Waals surface area contributed by atoms with Crippen molar-refractivity contribution in [3.63, 3.8) is 0 Å². The Labute approximate surface area is 191 Å². The highest BCUT2D eigenvalue weighted by atomic mass is 32.1. The fourth-order valence-electron chi connectivity index (χ4n) is 5.12. The molecule has 11 heteroatoms. The first-order valence-electron chi connectivity index (χ1n) is 10.3. The van der Waals surface area contributed by atoms with Gasteiger partial charge in [-0.2, -0.15) is 13.2 Å². The molecule has 2 aromatic heterocycles. The molecule has 5 rings (SSSR count). The highest BCUT2D eigenvalue weighted by molar-refractivity contribution is 7.17. The van der Waals surface area contributed by atoms with Crippen molar-refractivity contribution in [1.82, 2.24) is 20.2 Å². The van der Waals surface area contributed by atoms with E-state index in [0.29, 0.717) is 31.6 Å². The van der Waals surface area contributed by atoms with Crippen LogP contribution in [0.25, 0.3) is 10.2 Å². The van der Waals surface area contributed by atoms with Crippen LogP contribution in [0.4, 0.5) is 23.7 Å². The number of benzene rings is 1. The zero-order valence-corrected chi connectivity index (χ0v) is 18.4. The van der Waals surface area contributed by atoms with Crippen molar-refractivity contribution in [3.8, 4) is 0 Å². The summed E-state index contributed by atoms with van der Waals surface area (Å²) in [7, 11) is 0. The first-order valence-corrected chi connectivity index (χ1v) is 11.2. The lowest BCUT2D eigenvalue weighted by molar-refractivity contribution is -0.137. The summed E-state index contributed by atoms with van der Waals surface area (Å²) in [5.74, 6) is -0.126. The molecule has 3 heterocycles. The van der Waals surface area contributed by atoms with Crippen molar-refractivity contribution >= 4 is 39.2 Å². The Morgan fingerprint density at radius 3 is 2.64 bits per heavy atom. The number of anilines is 1. The molecule has 0 atom stereocenters. The van der Waals surface area contributed by atoms with Gasteiger partial charge >= 0.3 is 12.2 Å². The molecule has 2 fully saturated rings. The molecule has 1 saturated heterocycles. The van der Waals surface area contributed by atoms with E-state index in [1.54, 1.807) is 4.90 Å². The van der Waals surface area contributed by atoms with Crippen LogP contribution in [-0.4, -0.2) is 45.4 Å². The van der Waals surface area contributed by atoms with Gasteiger partial charge in [-0.1, -0.05) is 6.07 Å². The number of carbonyl (C=O) groups excluding carboxylic acids is 2. The van der Waals surface area contributed by atoms with Gasteiger partial charge in [0.05, 0.1) is 15.8 Å². The van der Waals surface area contributed by atoms with Crippen LogP contribution in [0.2, 0.25) is 0 Å². The molecule has 3 amide bonds. The Balaban J connectivity index is 1.16. The predicted octanol–water partition coefficient (Wildman–Crippen LogP) is 4.53. The van der Waals surface area contributed by atoms with Crippen LogP contribution in [0.3, 0.4) is 0 Å². The summed E-state index contributed by atoms with van der Waals surface area (Å²) in [4.78, 5) is 35.4. The summed E-state index contributed by atoms with van der Waals surface area (Å²) >= 11 is 1.43. The first kappa shape index (κ1) is 21.6. The molecule has 7 nitrogen and oxygen atoms in total. The normalized spacial score (nSPS) is 18.5. The van der Waals surface area contributed by atoms with Crippen molar-refractivity contribution in [2.45, 2.75) is 31.5 Å². The van der Waals surface area contributed by atoms with E-state index in [2.05, 4.69) is 20.6 Å². The van der Waals surface area contributed by atoms with Crippen molar-refractivity contribution in [2.75, 3.05) is 18.4 Å². The van der Waals surface area contributed by atoms with Crippen molar-refractivity contribution in [1.29, 1.82) is 0 Å². The van der Waals surface area contributed by atoms with Gasteiger partial charge in [0.1, 0.15) is 12.0 Å². The minimum Gasteiger partial charge on any atom is -0.336 e. The highest BCUT2D eigenvalue weighted by Gasteiger charge is 2.59. The number of rotatable bonds is 3. The van der Waals surface area contributed by atoms with Gasteiger partial charge in [0.15, 0.2) is 0 Å². The van der Waals surface area contributed by atoms with Crippen LogP contribution < -0.4 is 10.6 Å². The number of halogens is 3. The fourth-order valence-corrected chi connectivity index (χ4v) is 5.95. The van der Waals surface area contributed by atoms with E-state index < -0.39 is 23.3 Å². The van der Waals surface area contributed by atoms with Crippen molar-refractivity contribution in [3.05, 3.63) is 53.3 Å². The SMILES string of the molecule is CC1(NC(=O)Nc2cccc(C(F)(F)F)c2)CC2(CN(C(=O)c3ncnc4ccsc34)C2)C1. The van der Waals surface area contributed by atoms with E-state index in [1.165, 1.54) is 29.8 Å². The number of aromatic nitrogens is 2. The van der Waals surface area contributed by atoms with E-state index in [4.69, 9.17) is 0 Å². The summed E-state index contributed by atoms with van der Waals surface area (Å²) in [6.45, 7) is 3.05. The summed E-state index contributed by atoms with van der Waals surface area (Å²) in [5.41, 5.74) is -0.139. The number of hydrogen-bond acceptors (Lipinski definition) is 5. The largest absolute Gasteiger partial charge is 0.416 e. The predicted molar refractivity (Wildman–Crippen MR) is 117 cm³/mol. The molecule has 1 aromatic carbocycles. The Hall–Kier alpha value is -3.21. The van der Waals surface area contributed by atoms with Gasteiger partial charge in [-0.3, -0.25) is 4.79 Å². The number of fused-ring (bicyclic) bond motifs is 1. The highest BCUT2D eigenvalue weighted by Crippen LogP contribution is 2.54. The summed E-state index contributed by atoms with van der Waals surface area (Å²) in [6, 6.07) is 5.81. The molecule has 1 saturated carbocycles. The molecule has 1 spiro atoms. The second kappa shape index (κ2) is 7.41. The third-order valence-corrected chi connectivity index (χ3v) is 7.09. The van der Waals surface area contributed by atoms with E-state index in [9.17, 15) is 22.8 Å². The number of hydrogen-bond donors (Lipinski definition) is 2. The van der Waals surface area contributed by atoms with Crippen LogP contribution in [0.5, 0.6) is 0 Å². The van der Waals surface area contributed by atoms with Gasteiger partial charge in [0.25, 0.3) is 5.91 Å². The molecule has 0 bridgehead atoms. The molecule has 2 aliphatic rings. The Morgan fingerprint density at radius 2 is 1.91 bits per heavy atom. The third kappa shape index (κ3) is 4.01. The molecule has 1 aliphatic carbocycles. The number of carbonyl (C=O) groups is 2. The Bertz CT molecular complexity index is 1240. The molecule has 0 unspecified atom stereocenters.